The van der Waals surface area contributed by atoms with Crippen molar-refractivity contribution in [2.75, 3.05) is 18.1 Å². The summed E-state index contributed by atoms with van der Waals surface area (Å²) in [4.78, 5) is 20.3. The molecule has 0 spiro atoms. The first-order valence-electron chi connectivity index (χ1n) is 9.73. The van der Waals surface area contributed by atoms with Gasteiger partial charge in [0, 0.05) is 6.04 Å². The fourth-order valence-electron chi connectivity index (χ4n) is 3.00. The van der Waals surface area contributed by atoms with Gasteiger partial charge in [0.25, 0.3) is 5.91 Å². The first-order chi connectivity index (χ1) is 14.3. The summed E-state index contributed by atoms with van der Waals surface area (Å²) in [7, 11) is 0. The zero-order valence-electron chi connectivity index (χ0n) is 17.5. The largest absolute Gasteiger partial charge is 0.490 e. The van der Waals surface area contributed by atoms with E-state index in [9.17, 15) is 4.79 Å². The summed E-state index contributed by atoms with van der Waals surface area (Å²) in [5, 5.41) is 10.00. The maximum absolute atomic E-state index is 13.3. The number of aryl methyl sites for hydroxylation is 1. The summed E-state index contributed by atoms with van der Waals surface area (Å²) in [6.45, 7) is 8.12. The van der Waals surface area contributed by atoms with E-state index in [1.165, 1.54) is 11.8 Å². The number of amidine groups is 1. The Labute approximate surface area is 186 Å². The smallest absolute Gasteiger partial charge is 0.271 e. The Morgan fingerprint density at radius 3 is 2.70 bits per heavy atom. The monoisotopic (exact) mass is 444 g/mol. The standard InChI is InChI=1S/C23H25ClN2O3S/c1-14(2)25-23-26(19-7-5-6-15(3)16(19)4)22(28)21(30-23)13-17-8-9-20(18(24)12-17)29-11-10-27/h5-9,12-14,27H,10-11H2,1-4H3/b21-13-,25-23?. The number of carbonyl (C=O) groups is 1. The Balaban J connectivity index is 1.98. The molecule has 1 saturated heterocycles. The predicted molar refractivity (Wildman–Crippen MR) is 126 cm³/mol. The van der Waals surface area contributed by atoms with Crippen molar-refractivity contribution < 1.29 is 14.6 Å². The topological polar surface area (TPSA) is 62.1 Å². The van der Waals surface area contributed by atoms with E-state index < -0.39 is 0 Å². The molecule has 1 aliphatic rings. The van der Waals surface area contributed by atoms with Crippen LogP contribution in [-0.4, -0.2) is 35.4 Å². The molecular formula is C23H25ClN2O3S. The second-order valence-electron chi connectivity index (χ2n) is 7.24. The van der Waals surface area contributed by atoms with Gasteiger partial charge in [-0.05, 0) is 80.4 Å². The minimum absolute atomic E-state index is 0.0599. The molecule has 1 N–H and O–H groups in total. The van der Waals surface area contributed by atoms with Crippen molar-refractivity contribution in [3.8, 4) is 5.75 Å². The first-order valence-corrected chi connectivity index (χ1v) is 10.9. The average Bonchev–Trinajstić information content (AvgIpc) is 2.97. The molecule has 7 heteroatoms. The van der Waals surface area contributed by atoms with E-state index >= 15 is 0 Å². The molecule has 5 nitrogen and oxygen atoms in total. The molecular weight excluding hydrogens is 420 g/mol. The summed E-state index contributed by atoms with van der Waals surface area (Å²) in [5.74, 6) is 0.391. The first kappa shape index (κ1) is 22.4. The van der Waals surface area contributed by atoms with Crippen LogP contribution in [0, 0.1) is 13.8 Å². The maximum Gasteiger partial charge on any atom is 0.271 e. The lowest BCUT2D eigenvalue weighted by Gasteiger charge is -2.19. The summed E-state index contributed by atoms with van der Waals surface area (Å²) < 4.78 is 5.39. The highest BCUT2D eigenvalue weighted by Crippen LogP contribution is 2.38. The highest BCUT2D eigenvalue weighted by molar-refractivity contribution is 8.19. The van der Waals surface area contributed by atoms with Crippen LogP contribution in [-0.2, 0) is 4.79 Å². The van der Waals surface area contributed by atoms with E-state index in [0.29, 0.717) is 20.8 Å². The second-order valence-corrected chi connectivity index (χ2v) is 8.65. The van der Waals surface area contributed by atoms with Crippen LogP contribution < -0.4 is 9.64 Å². The summed E-state index contributed by atoms with van der Waals surface area (Å²) in [6, 6.07) is 11.3. The molecule has 0 unspecified atom stereocenters. The highest BCUT2D eigenvalue weighted by atomic mass is 35.5. The molecule has 1 amide bonds. The van der Waals surface area contributed by atoms with E-state index in [1.54, 1.807) is 17.0 Å². The van der Waals surface area contributed by atoms with Crippen molar-refractivity contribution in [3.63, 3.8) is 0 Å². The molecule has 2 aromatic carbocycles. The summed E-state index contributed by atoms with van der Waals surface area (Å²) >= 11 is 7.65. The number of aliphatic hydroxyl groups excluding tert-OH is 1. The van der Waals surface area contributed by atoms with Gasteiger partial charge in [0.2, 0.25) is 0 Å². The number of carbonyl (C=O) groups excluding carboxylic acids is 1. The summed E-state index contributed by atoms with van der Waals surface area (Å²) in [5.41, 5.74) is 3.81. The van der Waals surface area contributed by atoms with Crippen molar-refractivity contribution in [1.82, 2.24) is 0 Å². The highest BCUT2D eigenvalue weighted by Gasteiger charge is 2.35. The third-order valence-electron chi connectivity index (χ3n) is 4.59. The van der Waals surface area contributed by atoms with Gasteiger partial charge in [-0.1, -0.05) is 29.8 Å². The zero-order chi connectivity index (χ0) is 21.8. The lowest BCUT2D eigenvalue weighted by Crippen LogP contribution is -2.30. The lowest BCUT2D eigenvalue weighted by molar-refractivity contribution is -0.113. The predicted octanol–water partition coefficient (Wildman–Crippen LogP) is 5.21. The van der Waals surface area contributed by atoms with Crippen molar-refractivity contribution in [1.29, 1.82) is 0 Å². The number of halogens is 1. The molecule has 0 saturated carbocycles. The average molecular weight is 445 g/mol. The van der Waals surface area contributed by atoms with Crippen LogP contribution in [0.15, 0.2) is 46.3 Å². The molecule has 0 aromatic heterocycles. The fraction of sp³-hybridized carbons (Fsp3) is 0.304. The Morgan fingerprint density at radius 1 is 1.27 bits per heavy atom. The molecule has 0 bridgehead atoms. The van der Waals surface area contributed by atoms with Gasteiger partial charge in [0.1, 0.15) is 12.4 Å². The van der Waals surface area contributed by atoms with Gasteiger partial charge in [0.05, 0.1) is 22.2 Å². The van der Waals surface area contributed by atoms with Crippen molar-refractivity contribution in [3.05, 3.63) is 63.0 Å². The number of thioether (sulfide) groups is 1. The maximum atomic E-state index is 13.3. The Morgan fingerprint density at radius 2 is 2.03 bits per heavy atom. The van der Waals surface area contributed by atoms with Crippen LogP contribution in [0.2, 0.25) is 5.02 Å². The molecule has 1 fully saturated rings. The van der Waals surface area contributed by atoms with E-state index in [1.807, 2.05) is 58.0 Å². The van der Waals surface area contributed by atoms with E-state index in [4.69, 9.17) is 21.4 Å². The SMILES string of the molecule is Cc1cccc(N2C(=O)/C(=C/c3ccc(OCCO)c(Cl)c3)SC2=NC(C)C)c1C. The van der Waals surface area contributed by atoms with Gasteiger partial charge >= 0.3 is 0 Å². The van der Waals surface area contributed by atoms with Crippen LogP contribution >= 0.6 is 23.4 Å². The van der Waals surface area contributed by atoms with Gasteiger partial charge in [-0.15, -0.1) is 0 Å². The molecule has 158 valence electrons. The molecule has 1 aliphatic heterocycles. The minimum atomic E-state index is -0.107. The normalized spacial score (nSPS) is 16.9. The molecule has 2 aromatic rings. The Kier molecular flexibility index (Phi) is 7.23. The number of aliphatic imine (C=N–C) groups is 1. The van der Waals surface area contributed by atoms with Gasteiger partial charge < -0.3 is 9.84 Å². The second kappa shape index (κ2) is 9.69. The molecule has 1 heterocycles. The Hall–Kier alpha value is -2.28. The Bertz CT molecular complexity index is 1020. The van der Waals surface area contributed by atoms with E-state index in [0.717, 1.165) is 22.4 Å². The van der Waals surface area contributed by atoms with E-state index in [2.05, 4.69) is 4.99 Å². The number of nitrogens with zero attached hydrogens (tertiary/aromatic N) is 2. The third-order valence-corrected chi connectivity index (χ3v) is 5.87. The summed E-state index contributed by atoms with van der Waals surface area (Å²) in [6.07, 6.45) is 1.82. The van der Waals surface area contributed by atoms with Crippen LogP contribution in [0.3, 0.4) is 0 Å². The lowest BCUT2D eigenvalue weighted by atomic mass is 10.1. The number of benzene rings is 2. The number of amides is 1. The number of anilines is 1. The van der Waals surface area contributed by atoms with Gasteiger partial charge in [-0.2, -0.15) is 0 Å². The van der Waals surface area contributed by atoms with Crippen molar-refractivity contribution >= 4 is 46.2 Å². The number of aliphatic hydroxyl groups is 1. The number of hydrogen-bond donors (Lipinski definition) is 1. The van der Waals surface area contributed by atoms with Crippen LogP contribution in [0.4, 0.5) is 5.69 Å². The zero-order valence-corrected chi connectivity index (χ0v) is 19.0. The third kappa shape index (κ3) is 4.89. The molecule has 0 radical (unpaired) electrons. The van der Waals surface area contributed by atoms with Crippen molar-refractivity contribution in [2.45, 2.75) is 33.7 Å². The fourth-order valence-corrected chi connectivity index (χ4v) is 4.35. The van der Waals surface area contributed by atoms with Crippen molar-refractivity contribution in [2.24, 2.45) is 4.99 Å². The number of rotatable bonds is 6. The molecule has 30 heavy (non-hydrogen) atoms. The quantitative estimate of drug-likeness (QED) is 0.621. The molecule has 0 aliphatic carbocycles. The van der Waals surface area contributed by atoms with Gasteiger partial charge in [-0.3, -0.25) is 14.7 Å². The van der Waals surface area contributed by atoms with Crippen LogP contribution in [0.25, 0.3) is 6.08 Å². The van der Waals surface area contributed by atoms with Crippen LogP contribution in [0.5, 0.6) is 5.75 Å². The van der Waals surface area contributed by atoms with Crippen LogP contribution in [0.1, 0.15) is 30.5 Å². The molecule has 3 rings (SSSR count). The number of ether oxygens (including phenoxy) is 1. The van der Waals surface area contributed by atoms with E-state index in [-0.39, 0.29) is 25.2 Å². The minimum Gasteiger partial charge on any atom is -0.490 e. The number of hydrogen-bond acceptors (Lipinski definition) is 5. The molecule has 0 atom stereocenters. The van der Waals surface area contributed by atoms with Gasteiger partial charge in [-0.25, -0.2) is 0 Å². The van der Waals surface area contributed by atoms with Gasteiger partial charge in [0.15, 0.2) is 5.17 Å².